The molecule has 0 N–H and O–H groups in total. The Morgan fingerprint density at radius 1 is 0.476 bits per heavy atom. The van der Waals surface area contributed by atoms with Crippen molar-refractivity contribution in [2.75, 3.05) is 0 Å². The molecule has 8 aromatic carbocycles. The maximum atomic E-state index is 11.5. The van der Waals surface area contributed by atoms with Crippen molar-refractivity contribution >= 4 is 38.3 Å². The zero-order valence-electron chi connectivity index (χ0n) is 34.0. The highest BCUT2D eigenvalue weighted by Crippen LogP contribution is 2.60. The van der Waals surface area contributed by atoms with Gasteiger partial charge in [0.15, 0.2) is 0 Å². The van der Waals surface area contributed by atoms with E-state index in [0.29, 0.717) is 27.9 Å². The maximum Gasteiger partial charge on any atom is 0.102 e. The van der Waals surface area contributed by atoms with Crippen molar-refractivity contribution in [3.63, 3.8) is 0 Å². The normalized spacial score (nSPS) is 13.6. The quantitative estimate of drug-likeness (QED) is 0.174. The third-order valence-corrected chi connectivity index (χ3v) is 13.4. The van der Waals surface area contributed by atoms with Gasteiger partial charge >= 0.3 is 0 Å². The minimum absolute atomic E-state index is 0.372. The first-order chi connectivity index (χ1) is 31.1. The van der Waals surface area contributed by atoms with E-state index in [1.165, 1.54) is 27.8 Å². The topological polar surface area (TPSA) is 81.2 Å². The molecule has 0 saturated heterocycles. The number of hydrogen-bond donors (Lipinski definition) is 0. The summed E-state index contributed by atoms with van der Waals surface area (Å²) in [5, 5.41) is 36.4. The highest BCUT2D eigenvalue weighted by atomic mass is 15.0. The van der Waals surface area contributed by atoms with E-state index in [0.717, 1.165) is 73.6 Å². The zero-order chi connectivity index (χ0) is 42.2. The standard InChI is InChI=1S/C58H35N5/c59-34-37-31-39(33-42(32-37)62-52-24-12-8-19-44(52)45-20-9-13-25-53(45)62)43-28-27-38(35-60)56(49(43)36-61)63-54-26-14-10-21-46(54)47-29-30-51-55(57(47)63)48-22-7-11-23-50(48)58(51,40-15-3-1-4-16-40)41-17-5-2-6-18-41/h1-28,31-33H,29-30H2. The molecule has 5 nitrogen and oxygen atoms in total. The molecule has 10 aromatic rings. The van der Waals surface area contributed by atoms with Gasteiger partial charge in [-0.15, -0.1) is 0 Å². The van der Waals surface area contributed by atoms with Crippen molar-refractivity contribution in [2.45, 2.75) is 18.3 Å². The molecule has 2 aromatic heterocycles. The molecule has 2 heterocycles. The molecule has 0 unspecified atom stereocenters. The van der Waals surface area contributed by atoms with Gasteiger partial charge < -0.3 is 9.13 Å². The molecule has 0 saturated carbocycles. The molecule has 0 radical (unpaired) electrons. The number of aromatic nitrogens is 2. The summed E-state index contributed by atoms with van der Waals surface area (Å²) >= 11 is 0. The molecule has 0 bridgehead atoms. The van der Waals surface area contributed by atoms with Gasteiger partial charge in [0.25, 0.3) is 0 Å². The molecule has 2 aliphatic carbocycles. The average molecular weight is 802 g/mol. The number of rotatable bonds is 5. The van der Waals surface area contributed by atoms with E-state index in [9.17, 15) is 15.8 Å². The summed E-state index contributed by atoms with van der Waals surface area (Å²) in [6.45, 7) is 0. The molecule has 63 heavy (non-hydrogen) atoms. The van der Waals surface area contributed by atoms with Gasteiger partial charge in [0.05, 0.1) is 56.1 Å². The molecule has 292 valence electrons. The largest absolute Gasteiger partial charge is 0.309 e. The fourth-order valence-electron chi connectivity index (χ4n) is 11.1. The summed E-state index contributed by atoms with van der Waals surface area (Å²) < 4.78 is 4.41. The Morgan fingerprint density at radius 3 is 1.70 bits per heavy atom. The lowest BCUT2D eigenvalue weighted by Gasteiger charge is -2.37. The van der Waals surface area contributed by atoms with E-state index in [4.69, 9.17) is 0 Å². The first kappa shape index (κ1) is 36.2. The van der Waals surface area contributed by atoms with Gasteiger partial charge in [0.1, 0.15) is 12.1 Å². The van der Waals surface area contributed by atoms with Crippen LogP contribution in [0, 0.1) is 34.0 Å². The van der Waals surface area contributed by atoms with E-state index in [-0.39, 0.29) is 0 Å². The second-order valence-corrected chi connectivity index (χ2v) is 16.4. The number of nitriles is 3. The van der Waals surface area contributed by atoms with Gasteiger partial charge in [-0.05, 0) is 94.3 Å². The number of aryl methyl sites for hydroxylation is 1. The van der Waals surface area contributed by atoms with Crippen molar-refractivity contribution in [2.24, 2.45) is 0 Å². The van der Waals surface area contributed by atoms with Gasteiger partial charge in [0, 0.05) is 33.0 Å². The summed E-state index contributed by atoms with van der Waals surface area (Å²) in [6.07, 6.45) is 1.62. The van der Waals surface area contributed by atoms with Crippen molar-refractivity contribution in [1.29, 1.82) is 15.8 Å². The lowest BCUT2D eigenvalue weighted by Crippen LogP contribution is -2.30. The van der Waals surface area contributed by atoms with E-state index in [2.05, 4.69) is 161 Å². The number of nitrogens with zero attached hydrogens (tertiary/aromatic N) is 5. The lowest BCUT2D eigenvalue weighted by molar-refractivity contribution is 0.689. The summed E-state index contributed by atoms with van der Waals surface area (Å²) in [5.41, 5.74) is 15.8. The predicted octanol–water partition coefficient (Wildman–Crippen LogP) is 13.1. The fraction of sp³-hybridized carbons (Fsp3) is 0.0517. The Balaban J connectivity index is 1.17. The molecule has 0 aliphatic heterocycles. The number of fused-ring (bicyclic) bond motifs is 9. The number of benzene rings is 8. The Bertz CT molecular complexity index is 3620. The van der Waals surface area contributed by atoms with Crippen molar-refractivity contribution in [3.05, 3.63) is 244 Å². The highest BCUT2D eigenvalue weighted by molar-refractivity contribution is 6.09. The minimum atomic E-state index is -0.563. The summed E-state index contributed by atoms with van der Waals surface area (Å²) in [7, 11) is 0. The van der Waals surface area contributed by atoms with Crippen LogP contribution in [-0.4, -0.2) is 9.13 Å². The van der Waals surface area contributed by atoms with E-state index < -0.39 is 5.41 Å². The summed E-state index contributed by atoms with van der Waals surface area (Å²) in [6, 6.07) is 72.5. The minimum Gasteiger partial charge on any atom is -0.309 e. The molecule has 12 rings (SSSR count). The molecular formula is C58H35N5. The Labute approximate surface area is 364 Å². The number of hydrogen-bond acceptors (Lipinski definition) is 3. The van der Waals surface area contributed by atoms with E-state index >= 15 is 0 Å². The van der Waals surface area contributed by atoms with Crippen molar-refractivity contribution in [3.8, 4) is 40.7 Å². The first-order valence-corrected chi connectivity index (χ1v) is 21.2. The second-order valence-electron chi connectivity index (χ2n) is 16.4. The average Bonchev–Trinajstić information content (AvgIpc) is 3.98. The van der Waals surface area contributed by atoms with Gasteiger partial charge in [-0.2, -0.15) is 15.8 Å². The fourth-order valence-corrected chi connectivity index (χ4v) is 11.1. The zero-order valence-corrected chi connectivity index (χ0v) is 34.0. The van der Waals surface area contributed by atoms with Crippen LogP contribution in [0.25, 0.3) is 60.8 Å². The van der Waals surface area contributed by atoms with Gasteiger partial charge in [-0.1, -0.05) is 146 Å². The Kier molecular flexibility index (Phi) is 8.00. The van der Waals surface area contributed by atoms with Crippen LogP contribution in [0.5, 0.6) is 0 Å². The van der Waals surface area contributed by atoms with Crippen molar-refractivity contribution in [1.82, 2.24) is 9.13 Å². The maximum absolute atomic E-state index is 11.5. The third-order valence-electron chi connectivity index (χ3n) is 13.4. The third kappa shape index (κ3) is 5.01. The summed E-state index contributed by atoms with van der Waals surface area (Å²) in [5.74, 6) is 0. The van der Waals surface area contributed by atoms with Gasteiger partial charge in [-0.25, -0.2) is 0 Å². The molecule has 2 aliphatic rings. The number of para-hydroxylation sites is 3. The number of allylic oxidation sites excluding steroid dienone is 1. The van der Waals surface area contributed by atoms with Crippen LogP contribution < -0.4 is 0 Å². The SMILES string of the molecule is N#Cc1cc(-c2ccc(C#N)c(-n3c4c(c5ccccc53)CCC3=C4c4ccccc4C3(c3ccccc3)c3ccccc3)c2C#N)cc(-n2c3ccccc3c3ccccc32)c1. The van der Waals surface area contributed by atoms with Gasteiger partial charge in [-0.3, -0.25) is 0 Å². The van der Waals surface area contributed by atoms with Crippen LogP contribution in [0.15, 0.2) is 194 Å². The Morgan fingerprint density at radius 2 is 1.06 bits per heavy atom. The Hall–Kier alpha value is -8.69. The van der Waals surface area contributed by atoms with Gasteiger partial charge in [0.2, 0.25) is 0 Å². The van der Waals surface area contributed by atoms with Crippen LogP contribution in [0.2, 0.25) is 0 Å². The van der Waals surface area contributed by atoms with Crippen molar-refractivity contribution < 1.29 is 0 Å². The first-order valence-electron chi connectivity index (χ1n) is 21.2. The molecule has 5 heteroatoms. The van der Waals surface area contributed by atoms with Crippen LogP contribution in [0.4, 0.5) is 0 Å². The molecule has 0 atom stereocenters. The molecule has 0 spiro atoms. The van der Waals surface area contributed by atoms with Crippen LogP contribution in [0.3, 0.4) is 0 Å². The lowest BCUT2D eigenvalue weighted by atomic mass is 9.65. The van der Waals surface area contributed by atoms with E-state index in [1.54, 1.807) is 0 Å². The second kappa shape index (κ2) is 13.9. The molecule has 0 fully saturated rings. The van der Waals surface area contributed by atoms with Crippen LogP contribution in [-0.2, 0) is 11.8 Å². The van der Waals surface area contributed by atoms with Crippen LogP contribution >= 0.6 is 0 Å². The highest BCUT2D eigenvalue weighted by Gasteiger charge is 2.50. The summed E-state index contributed by atoms with van der Waals surface area (Å²) in [4.78, 5) is 0. The monoisotopic (exact) mass is 801 g/mol. The molecule has 0 amide bonds. The molecular weight excluding hydrogens is 767 g/mol. The predicted molar refractivity (Wildman–Crippen MR) is 251 cm³/mol. The smallest absolute Gasteiger partial charge is 0.102 e. The van der Waals surface area contributed by atoms with E-state index in [1.807, 2.05) is 54.6 Å². The van der Waals surface area contributed by atoms with Crippen LogP contribution in [0.1, 0.15) is 56.6 Å².